The second-order valence-corrected chi connectivity index (χ2v) is 7.47. The average molecular weight is 413 g/mol. The van der Waals surface area contributed by atoms with Gasteiger partial charge < -0.3 is 19.3 Å². The number of nitrogens with zero attached hydrogens (tertiary/aromatic N) is 3. The number of hydrogen-bond acceptors (Lipinski definition) is 5. The summed E-state index contributed by atoms with van der Waals surface area (Å²) in [6.45, 7) is 2.30. The molecule has 2 unspecified atom stereocenters. The molecule has 0 aliphatic carbocycles. The first-order chi connectivity index (χ1) is 14.6. The van der Waals surface area contributed by atoms with Crippen molar-refractivity contribution in [1.29, 1.82) is 0 Å². The number of rotatable bonds is 5. The molecule has 2 aromatic rings. The Morgan fingerprint density at radius 3 is 2.77 bits per heavy atom. The number of hydrogen-bond donors (Lipinski definition) is 0. The van der Waals surface area contributed by atoms with Gasteiger partial charge in [-0.25, -0.2) is 4.39 Å². The third-order valence-electron chi connectivity index (χ3n) is 5.37. The molecule has 2 aliphatic rings. The standard InChI is InChI=1S/C22H24FN3O4/c23-17-4-1-3-16(11-17)12-21(27)26-15-19(30-18-5-2-6-24-14-18)13-20(26)22(28)25-7-9-29-10-8-25/h1-6,11,14,19-20H,7-10,12-13,15H2. The van der Waals surface area contributed by atoms with E-state index >= 15 is 0 Å². The Hall–Kier alpha value is -3.00. The summed E-state index contributed by atoms with van der Waals surface area (Å²) in [6, 6.07) is 8.93. The number of carbonyl (C=O) groups excluding carboxylic acids is 2. The van der Waals surface area contributed by atoms with Crippen molar-refractivity contribution >= 4 is 11.8 Å². The van der Waals surface area contributed by atoms with Crippen molar-refractivity contribution in [2.24, 2.45) is 0 Å². The number of ether oxygens (including phenoxy) is 2. The highest BCUT2D eigenvalue weighted by atomic mass is 19.1. The number of likely N-dealkylation sites (tertiary alicyclic amines) is 1. The van der Waals surface area contributed by atoms with E-state index in [4.69, 9.17) is 9.47 Å². The van der Waals surface area contributed by atoms with Gasteiger partial charge in [0.25, 0.3) is 0 Å². The van der Waals surface area contributed by atoms with Crippen LogP contribution in [0.3, 0.4) is 0 Å². The van der Waals surface area contributed by atoms with Crippen LogP contribution in [0.15, 0.2) is 48.8 Å². The number of aromatic nitrogens is 1. The lowest BCUT2D eigenvalue weighted by Crippen LogP contribution is -2.51. The van der Waals surface area contributed by atoms with E-state index in [0.29, 0.717) is 50.6 Å². The topological polar surface area (TPSA) is 72.0 Å². The maximum absolute atomic E-state index is 13.5. The molecule has 30 heavy (non-hydrogen) atoms. The van der Waals surface area contributed by atoms with E-state index in [-0.39, 0.29) is 30.2 Å². The van der Waals surface area contributed by atoms with Gasteiger partial charge in [-0.1, -0.05) is 12.1 Å². The smallest absolute Gasteiger partial charge is 0.245 e. The summed E-state index contributed by atoms with van der Waals surface area (Å²) in [5.41, 5.74) is 0.578. The molecule has 0 spiro atoms. The lowest BCUT2D eigenvalue weighted by molar-refractivity contribution is -0.146. The van der Waals surface area contributed by atoms with Gasteiger partial charge in [-0.15, -0.1) is 0 Å². The van der Waals surface area contributed by atoms with Crippen molar-refractivity contribution in [3.05, 3.63) is 60.2 Å². The molecule has 158 valence electrons. The van der Waals surface area contributed by atoms with Crippen molar-refractivity contribution < 1.29 is 23.5 Å². The summed E-state index contributed by atoms with van der Waals surface area (Å²) in [5.74, 6) is -0.104. The van der Waals surface area contributed by atoms with E-state index in [0.717, 1.165) is 0 Å². The lowest BCUT2D eigenvalue weighted by atomic mass is 10.1. The molecule has 0 bridgehead atoms. The van der Waals surface area contributed by atoms with E-state index in [1.54, 1.807) is 46.5 Å². The first-order valence-electron chi connectivity index (χ1n) is 10.1. The number of pyridine rings is 1. The third kappa shape index (κ3) is 4.76. The first-order valence-corrected chi connectivity index (χ1v) is 10.1. The van der Waals surface area contributed by atoms with Crippen LogP contribution in [0, 0.1) is 5.82 Å². The molecule has 2 atom stereocenters. The van der Waals surface area contributed by atoms with Crippen molar-refractivity contribution in [3.63, 3.8) is 0 Å². The number of benzene rings is 1. The van der Waals surface area contributed by atoms with Crippen molar-refractivity contribution in [1.82, 2.24) is 14.8 Å². The van der Waals surface area contributed by atoms with Gasteiger partial charge in [0.1, 0.15) is 23.7 Å². The molecule has 0 N–H and O–H groups in total. The van der Waals surface area contributed by atoms with Crippen LogP contribution in [0.25, 0.3) is 0 Å². The van der Waals surface area contributed by atoms with Crippen LogP contribution < -0.4 is 4.74 Å². The van der Waals surface area contributed by atoms with Crippen molar-refractivity contribution in [2.45, 2.75) is 25.0 Å². The number of amides is 2. The summed E-state index contributed by atoms with van der Waals surface area (Å²) >= 11 is 0. The Labute approximate surface area is 174 Å². The highest BCUT2D eigenvalue weighted by molar-refractivity contribution is 5.89. The van der Waals surface area contributed by atoms with Crippen LogP contribution in [0.2, 0.25) is 0 Å². The van der Waals surface area contributed by atoms with Gasteiger partial charge in [0.15, 0.2) is 0 Å². The van der Waals surface area contributed by atoms with E-state index in [9.17, 15) is 14.0 Å². The van der Waals surface area contributed by atoms with Crippen LogP contribution in [0.5, 0.6) is 5.75 Å². The van der Waals surface area contributed by atoms with Crippen LogP contribution in [-0.2, 0) is 20.7 Å². The summed E-state index contributed by atoms with van der Waals surface area (Å²) in [7, 11) is 0. The predicted molar refractivity (Wildman–Crippen MR) is 106 cm³/mol. The highest BCUT2D eigenvalue weighted by Gasteiger charge is 2.42. The Balaban J connectivity index is 1.50. The minimum atomic E-state index is -0.606. The summed E-state index contributed by atoms with van der Waals surface area (Å²) < 4.78 is 24.8. The van der Waals surface area contributed by atoms with E-state index in [1.165, 1.54) is 12.1 Å². The normalized spacial score (nSPS) is 21.5. The minimum Gasteiger partial charge on any atom is -0.487 e. The van der Waals surface area contributed by atoms with Gasteiger partial charge in [0, 0.05) is 25.7 Å². The fourth-order valence-electron chi connectivity index (χ4n) is 3.92. The Morgan fingerprint density at radius 1 is 1.20 bits per heavy atom. The Bertz CT molecular complexity index is 889. The lowest BCUT2D eigenvalue weighted by Gasteiger charge is -2.32. The third-order valence-corrected chi connectivity index (χ3v) is 5.37. The number of halogens is 1. The molecule has 0 radical (unpaired) electrons. The van der Waals surface area contributed by atoms with Crippen LogP contribution in [0.4, 0.5) is 4.39 Å². The number of morpholine rings is 1. The molecule has 2 fully saturated rings. The van der Waals surface area contributed by atoms with Gasteiger partial charge in [-0.05, 0) is 29.8 Å². The quantitative estimate of drug-likeness (QED) is 0.746. The van der Waals surface area contributed by atoms with E-state index in [1.807, 2.05) is 0 Å². The molecule has 2 amide bonds. The van der Waals surface area contributed by atoms with Crippen molar-refractivity contribution in [3.8, 4) is 5.75 Å². The fraction of sp³-hybridized carbons (Fsp3) is 0.409. The number of carbonyl (C=O) groups is 2. The second kappa shape index (κ2) is 9.21. The highest BCUT2D eigenvalue weighted by Crippen LogP contribution is 2.25. The maximum atomic E-state index is 13.5. The molecule has 7 nitrogen and oxygen atoms in total. The second-order valence-electron chi connectivity index (χ2n) is 7.47. The zero-order valence-electron chi connectivity index (χ0n) is 16.6. The minimum absolute atomic E-state index is 0.0320. The van der Waals surface area contributed by atoms with Gasteiger partial charge in [0.2, 0.25) is 11.8 Å². The van der Waals surface area contributed by atoms with Crippen LogP contribution in [0.1, 0.15) is 12.0 Å². The first kappa shape index (κ1) is 20.3. The molecular formula is C22H24FN3O4. The molecule has 1 aromatic heterocycles. The fourth-order valence-corrected chi connectivity index (χ4v) is 3.92. The van der Waals surface area contributed by atoms with Crippen LogP contribution in [-0.4, -0.2) is 71.6 Å². The van der Waals surface area contributed by atoms with Gasteiger partial charge >= 0.3 is 0 Å². The summed E-state index contributed by atoms with van der Waals surface area (Å²) in [5, 5.41) is 0. The molecule has 0 saturated carbocycles. The zero-order chi connectivity index (χ0) is 20.9. The predicted octanol–water partition coefficient (Wildman–Crippen LogP) is 1.67. The average Bonchev–Trinajstić information content (AvgIpc) is 3.18. The summed E-state index contributed by atoms with van der Waals surface area (Å²) in [6.07, 6.45) is 3.38. The van der Waals surface area contributed by atoms with E-state index in [2.05, 4.69) is 4.98 Å². The monoisotopic (exact) mass is 413 g/mol. The molecule has 2 aliphatic heterocycles. The largest absolute Gasteiger partial charge is 0.487 e. The molecule has 4 rings (SSSR count). The SMILES string of the molecule is O=C(C1CC(Oc2cccnc2)CN1C(=O)Cc1cccc(F)c1)N1CCOCC1. The zero-order valence-corrected chi connectivity index (χ0v) is 16.6. The molecule has 3 heterocycles. The maximum Gasteiger partial charge on any atom is 0.245 e. The van der Waals surface area contributed by atoms with Gasteiger partial charge in [-0.3, -0.25) is 14.6 Å². The Kier molecular flexibility index (Phi) is 6.23. The molecule has 8 heteroatoms. The molecule has 1 aromatic carbocycles. The molecule has 2 saturated heterocycles. The summed E-state index contributed by atoms with van der Waals surface area (Å²) in [4.78, 5) is 33.6. The van der Waals surface area contributed by atoms with Gasteiger partial charge in [0.05, 0.1) is 32.4 Å². The van der Waals surface area contributed by atoms with E-state index < -0.39 is 6.04 Å². The van der Waals surface area contributed by atoms with Crippen LogP contribution >= 0.6 is 0 Å². The van der Waals surface area contributed by atoms with Gasteiger partial charge in [-0.2, -0.15) is 0 Å². The van der Waals surface area contributed by atoms with Crippen molar-refractivity contribution in [2.75, 3.05) is 32.8 Å². The molecular weight excluding hydrogens is 389 g/mol. The Morgan fingerprint density at radius 2 is 2.03 bits per heavy atom.